The van der Waals surface area contributed by atoms with E-state index in [-0.39, 0.29) is 0 Å². The average Bonchev–Trinajstić information content (AvgIpc) is 2.58. The van der Waals surface area contributed by atoms with Crippen LogP contribution in [-0.2, 0) is 11.3 Å². The molecule has 4 nitrogen and oxygen atoms in total. The lowest BCUT2D eigenvalue weighted by Crippen LogP contribution is -2.48. The highest BCUT2D eigenvalue weighted by atomic mass is 16.5. The molecule has 3 rings (SSSR count). The summed E-state index contributed by atoms with van der Waals surface area (Å²) in [5, 5.41) is 3.72. The van der Waals surface area contributed by atoms with Crippen LogP contribution >= 0.6 is 0 Å². The van der Waals surface area contributed by atoms with Gasteiger partial charge in [-0.25, -0.2) is 0 Å². The van der Waals surface area contributed by atoms with Crippen molar-refractivity contribution in [1.82, 2.24) is 15.2 Å². The summed E-state index contributed by atoms with van der Waals surface area (Å²) < 4.78 is 5.50. The summed E-state index contributed by atoms with van der Waals surface area (Å²) in [7, 11) is 0. The molecule has 2 heterocycles. The first kappa shape index (κ1) is 15.9. The zero-order valence-electron chi connectivity index (χ0n) is 13.6. The van der Waals surface area contributed by atoms with Crippen LogP contribution in [0.4, 0.5) is 0 Å². The molecule has 2 fully saturated rings. The third-order valence-corrected chi connectivity index (χ3v) is 5.16. The Bertz CT molecular complexity index is 425. The van der Waals surface area contributed by atoms with Crippen LogP contribution in [0.25, 0.3) is 0 Å². The van der Waals surface area contributed by atoms with E-state index in [0.717, 1.165) is 39.4 Å². The zero-order chi connectivity index (χ0) is 15.1. The lowest BCUT2D eigenvalue weighted by atomic mass is 9.73. The summed E-state index contributed by atoms with van der Waals surface area (Å²) >= 11 is 0. The van der Waals surface area contributed by atoms with Crippen molar-refractivity contribution in [3.05, 3.63) is 30.1 Å². The van der Waals surface area contributed by atoms with Crippen LogP contribution in [0, 0.1) is 5.41 Å². The summed E-state index contributed by atoms with van der Waals surface area (Å²) in [6.45, 7) is 7.33. The van der Waals surface area contributed by atoms with Crippen LogP contribution in [0.3, 0.4) is 0 Å². The standard InChI is InChI=1S/C18H29N3O/c1-2-6-18(7-3-1,16-21-10-12-22-13-11-21)15-20-14-17-4-8-19-9-5-17/h4-5,8-9,20H,1-3,6-7,10-16H2. The molecule has 1 aromatic heterocycles. The van der Waals surface area contributed by atoms with Gasteiger partial charge in [0.25, 0.3) is 0 Å². The first-order valence-corrected chi connectivity index (χ1v) is 8.76. The summed E-state index contributed by atoms with van der Waals surface area (Å²) in [4.78, 5) is 6.70. The van der Waals surface area contributed by atoms with Gasteiger partial charge in [-0.2, -0.15) is 0 Å². The number of morpholine rings is 1. The van der Waals surface area contributed by atoms with Crippen LogP contribution in [0.1, 0.15) is 37.7 Å². The summed E-state index contributed by atoms with van der Waals surface area (Å²) in [6, 6.07) is 4.20. The highest BCUT2D eigenvalue weighted by Gasteiger charge is 2.33. The molecule has 0 radical (unpaired) electrons. The van der Waals surface area contributed by atoms with E-state index in [0.29, 0.717) is 5.41 Å². The Morgan fingerprint density at radius 2 is 1.82 bits per heavy atom. The molecule has 0 bridgehead atoms. The molecule has 1 aliphatic carbocycles. The van der Waals surface area contributed by atoms with Crippen molar-refractivity contribution in [2.24, 2.45) is 5.41 Å². The molecule has 1 saturated heterocycles. The molecule has 0 unspecified atom stereocenters. The average molecular weight is 303 g/mol. The number of hydrogen-bond acceptors (Lipinski definition) is 4. The summed E-state index contributed by atoms with van der Waals surface area (Å²) in [5.41, 5.74) is 1.79. The first-order chi connectivity index (χ1) is 10.9. The molecule has 1 saturated carbocycles. The number of ether oxygens (including phenoxy) is 1. The molecule has 1 aliphatic heterocycles. The molecule has 122 valence electrons. The van der Waals surface area contributed by atoms with Crippen molar-refractivity contribution in [1.29, 1.82) is 0 Å². The third-order valence-electron chi connectivity index (χ3n) is 5.16. The number of rotatable bonds is 6. The van der Waals surface area contributed by atoms with E-state index in [1.165, 1.54) is 44.2 Å². The lowest BCUT2D eigenvalue weighted by Gasteiger charge is -2.42. The van der Waals surface area contributed by atoms with Gasteiger partial charge in [-0.3, -0.25) is 9.88 Å². The highest BCUT2D eigenvalue weighted by molar-refractivity contribution is 5.09. The van der Waals surface area contributed by atoms with Gasteiger partial charge in [0, 0.05) is 45.1 Å². The molecule has 4 heteroatoms. The normalized spacial score (nSPS) is 22.5. The molecular weight excluding hydrogens is 274 g/mol. The van der Waals surface area contributed by atoms with E-state index < -0.39 is 0 Å². The molecule has 22 heavy (non-hydrogen) atoms. The molecule has 1 aromatic rings. The second-order valence-electron chi connectivity index (χ2n) is 6.91. The van der Waals surface area contributed by atoms with Gasteiger partial charge in [-0.1, -0.05) is 19.3 Å². The maximum Gasteiger partial charge on any atom is 0.0594 e. The molecule has 0 amide bonds. The van der Waals surface area contributed by atoms with E-state index in [1.807, 2.05) is 12.4 Å². The minimum atomic E-state index is 0.461. The van der Waals surface area contributed by atoms with E-state index >= 15 is 0 Å². The van der Waals surface area contributed by atoms with Crippen molar-refractivity contribution >= 4 is 0 Å². The Hall–Kier alpha value is -0.970. The van der Waals surface area contributed by atoms with Gasteiger partial charge in [0.15, 0.2) is 0 Å². The molecule has 0 atom stereocenters. The van der Waals surface area contributed by atoms with Crippen molar-refractivity contribution in [2.45, 2.75) is 38.6 Å². The Labute approximate surface area is 134 Å². The second kappa shape index (κ2) is 8.04. The number of nitrogens with zero attached hydrogens (tertiary/aromatic N) is 2. The van der Waals surface area contributed by atoms with Crippen LogP contribution in [0.15, 0.2) is 24.5 Å². The van der Waals surface area contributed by atoms with E-state index in [1.54, 1.807) is 0 Å². The Morgan fingerprint density at radius 3 is 2.55 bits per heavy atom. The van der Waals surface area contributed by atoms with Gasteiger partial charge in [-0.15, -0.1) is 0 Å². The molecule has 0 aromatic carbocycles. The smallest absolute Gasteiger partial charge is 0.0594 e. The number of pyridine rings is 1. The molecule has 0 spiro atoms. The quantitative estimate of drug-likeness (QED) is 0.876. The lowest BCUT2D eigenvalue weighted by molar-refractivity contribution is 0.00713. The number of aromatic nitrogens is 1. The maximum absolute atomic E-state index is 5.50. The Morgan fingerprint density at radius 1 is 1.09 bits per heavy atom. The molecule has 1 N–H and O–H groups in total. The molecule has 2 aliphatic rings. The van der Waals surface area contributed by atoms with Crippen molar-refractivity contribution < 1.29 is 4.74 Å². The van der Waals surface area contributed by atoms with E-state index in [4.69, 9.17) is 4.74 Å². The van der Waals surface area contributed by atoms with Crippen LogP contribution < -0.4 is 5.32 Å². The monoisotopic (exact) mass is 303 g/mol. The van der Waals surface area contributed by atoms with Crippen molar-refractivity contribution in [3.8, 4) is 0 Å². The predicted octanol–water partition coefficient (Wildman–Crippen LogP) is 2.45. The van der Waals surface area contributed by atoms with Crippen molar-refractivity contribution in [3.63, 3.8) is 0 Å². The number of hydrogen-bond donors (Lipinski definition) is 1. The number of nitrogens with one attached hydrogen (secondary N) is 1. The Kier molecular flexibility index (Phi) is 5.82. The summed E-state index contributed by atoms with van der Waals surface area (Å²) in [5.74, 6) is 0. The topological polar surface area (TPSA) is 37.4 Å². The second-order valence-corrected chi connectivity index (χ2v) is 6.91. The van der Waals surface area contributed by atoms with Crippen LogP contribution in [-0.4, -0.2) is 49.3 Å². The van der Waals surface area contributed by atoms with Crippen LogP contribution in [0.2, 0.25) is 0 Å². The SMILES string of the molecule is c1cc(CNCC2(CN3CCOCC3)CCCCC2)ccn1. The van der Waals surface area contributed by atoms with Gasteiger partial charge < -0.3 is 10.1 Å². The van der Waals surface area contributed by atoms with Crippen LogP contribution in [0.5, 0.6) is 0 Å². The van der Waals surface area contributed by atoms with E-state index in [2.05, 4.69) is 27.3 Å². The fourth-order valence-electron chi connectivity index (χ4n) is 3.90. The first-order valence-electron chi connectivity index (χ1n) is 8.76. The van der Waals surface area contributed by atoms with Gasteiger partial charge in [0.2, 0.25) is 0 Å². The van der Waals surface area contributed by atoms with Crippen molar-refractivity contribution in [2.75, 3.05) is 39.4 Å². The maximum atomic E-state index is 5.50. The predicted molar refractivity (Wildman–Crippen MR) is 88.7 cm³/mol. The zero-order valence-corrected chi connectivity index (χ0v) is 13.6. The minimum absolute atomic E-state index is 0.461. The van der Waals surface area contributed by atoms with Gasteiger partial charge >= 0.3 is 0 Å². The minimum Gasteiger partial charge on any atom is -0.379 e. The fourth-order valence-corrected chi connectivity index (χ4v) is 3.90. The third kappa shape index (κ3) is 4.51. The Balaban J connectivity index is 1.54. The fraction of sp³-hybridized carbons (Fsp3) is 0.722. The highest BCUT2D eigenvalue weighted by Crippen LogP contribution is 2.36. The van der Waals surface area contributed by atoms with Gasteiger partial charge in [-0.05, 0) is 36.0 Å². The van der Waals surface area contributed by atoms with Gasteiger partial charge in [0.1, 0.15) is 0 Å². The molecular formula is C18H29N3O. The largest absolute Gasteiger partial charge is 0.379 e. The summed E-state index contributed by atoms with van der Waals surface area (Å²) in [6.07, 6.45) is 10.7. The van der Waals surface area contributed by atoms with E-state index in [9.17, 15) is 0 Å². The van der Waals surface area contributed by atoms with Gasteiger partial charge in [0.05, 0.1) is 13.2 Å².